The number of halogens is 2. The number of nitrogens with zero attached hydrogens (tertiary/aromatic N) is 1. The van der Waals surface area contributed by atoms with Crippen molar-refractivity contribution in [3.63, 3.8) is 0 Å². The lowest BCUT2D eigenvalue weighted by atomic mass is 10.3. The lowest BCUT2D eigenvalue weighted by Crippen LogP contribution is -2.47. The van der Waals surface area contributed by atoms with Crippen LogP contribution in [0.4, 0.5) is 0 Å². The number of hydrazine groups is 1. The van der Waals surface area contributed by atoms with Crippen molar-refractivity contribution < 1.29 is 4.79 Å². The van der Waals surface area contributed by atoms with Crippen molar-refractivity contribution in [2.45, 2.75) is 19.3 Å². The van der Waals surface area contributed by atoms with Crippen molar-refractivity contribution >= 4 is 47.4 Å². The third kappa shape index (κ3) is 6.77. The van der Waals surface area contributed by atoms with E-state index >= 15 is 0 Å². The summed E-state index contributed by atoms with van der Waals surface area (Å²) in [6, 6.07) is 0. The Morgan fingerprint density at radius 3 is 3.07 bits per heavy atom. The van der Waals surface area contributed by atoms with Crippen molar-refractivity contribution in [1.29, 1.82) is 0 Å². The van der Waals surface area contributed by atoms with Gasteiger partial charge in [-0.2, -0.15) is 0 Å². The van der Waals surface area contributed by atoms with Crippen LogP contribution in [0, 0.1) is 0 Å². The van der Waals surface area contributed by atoms with E-state index in [1.165, 1.54) is 0 Å². The van der Waals surface area contributed by atoms with Crippen molar-refractivity contribution in [3.8, 4) is 0 Å². The summed E-state index contributed by atoms with van der Waals surface area (Å²) in [6.45, 7) is 1.68. The molecule has 1 aliphatic heterocycles. The smallest absolute Gasteiger partial charge is 0.239 e. The molecule has 1 rings (SSSR count). The highest BCUT2D eigenvalue weighted by molar-refractivity contribution is 14.0. The summed E-state index contributed by atoms with van der Waals surface area (Å²) in [4.78, 5) is 15.2. The van der Waals surface area contributed by atoms with E-state index in [1.54, 1.807) is 0 Å². The molecule has 0 aromatic heterocycles. The van der Waals surface area contributed by atoms with Crippen molar-refractivity contribution in [3.05, 3.63) is 0 Å². The van der Waals surface area contributed by atoms with Crippen LogP contribution in [-0.4, -0.2) is 30.8 Å². The monoisotopic (exact) mass is 346 g/mol. The average Bonchev–Trinajstić information content (AvgIpc) is 2.43. The van der Waals surface area contributed by atoms with Gasteiger partial charge in [-0.05, 0) is 12.8 Å². The SMILES string of the molecule is I.O=C(CCCl)NNC1=NCCCCN1. The lowest BCUT2D eigenvalue weighted by molar-refractivity contribution is -0.121. The minimum atomic E-state index is -0.131. The van der Waals surface area contributed by atoms with Crippen LogP contribution >= 0.6 is 35.6 Å². The van der Waals surface area contributed by atoms with E-state index in [2.05, 4.69) is 21.2 Å². The largest absolute Gasteiger partial charge is 0.355 e. The standard InChI is InChI=1S/C8H15ClN4O.HI/c9-4-3-7(14)12-13-8-10-5-1-2-6-11-8;/h1-6H2,(H,12,14)(H2,10,11,13);1H. The van der Waals surface area contributed by atoms with E-state index < -0.39 is 0 Å². The molecule has 0 saturated heterocycles. The van der Waals surface area contributed by atoms with Crippen LogP contribution in [0.3, 0.4) is 0 Å². The maximum atomic E-state index is 11.0. The molecule has 88 valence electrons. The summed E-state index contributed by atoms with van der Waals surface area (Å²) in [5.74, 6) is 0.826. The van der Waals surface area contributed by atoms with E-state index in [-0.39, 0.29) is 29.9 Å². The highest BCUT2D eigenvalue weighted by Gasteiger charge is 2.03. The summed E-state index contributed by atoms with van der Waals surface area (Å²) in [5.41, 5.74) is 5.24. The quantitative estimate of drug-likeness (QED) is 0.390. The molecule has 0 aromatic carbocycles. The molecule has 7 heteroatoms. The lowest BCUT2D eigenvalue weighted by Gasteiger charge is -2.10. The highest BCUT2D eigenvalue weighted by atomic mass is 127. The Morgan fingerprint density at radius 2 is 2.33 bits per heavy atom. The summed E-state index contributed by atoms with van der Waals surface area (Å²) in [5, 5.41) is 3.07. The molecule has 0 radical (unpaired) electrons. The van der Waals surface area contributed by atoms with E-state index in [4.69, 9.17) is 11.6 Å². The van der Waals surface area contributed by atoms with Crippen LogP contribution in [0.25, 0.3) is 0 Å². The predicted molar refractivity (Wildman–Crippen MR) is 71.6 cm³/mol. The van der Waals surface area contributed by atoms with Crippen molar-refractivity contribution in [2.24, 2.45) is 4.99 Å². The fourth-order valence-corrected chi connectivity index (χ4v) is 1.22. The van der Waals surface area contributed by atoms with Crippen LogP contribution in [0.2, 0.25) is 0 Å². The van der Waals surface area contributed by atoms with Gasteiger partial charge in [-0.3, -0.25) is 20.6 Å². The third-order valence-electron chi connectivity index (χ3n) is 1.79. The molecule has 1 heterocycles. The molecule has 0 saturated carbocycles. The van der Waals surface area contributed by atoms with Crippen molar-refractivity contribution in [1.82, 2.24) is 16.2 Å². The number of hydrogen-bond acceptors (Lipinski definition) is 4. The zero-order chi connectivity index (χ0) is 10.2. The second-order valence-corrected chi connectivity index (χ2v) is 3.35. The number of amides is 1. The molecule has 0 fully saturated rings. The van der Waals surface area contributed by atoms with Crippen molar-refractivity contribution in [2.75, 3.05) is 19.0 Å². The molecule has 1 aliphatic rings. The molecule has 0 aliphatic carbocycles. The Balaban J connectivity index is 0.00000196. The van der Waals surface area contributed by atoms with E-state index in [0.29, 0.717) is 18.3 Å². The first-order valence-corrected chi connectivity index (χ1v) is 5.25. The minimum Gasteiger partial charge on any atom is -0.355 e. The van der Waals surface area contributed by atoms with Crippen LogP contribution in [0.1, 0.15) is 19.3 Å². The summed E-state index contributed by atoms with van der Waals surface area (Å²) >= 11 is 5.41. The highest BCUT2D eigenvalue weighted by Crippen LogP contribution is 1.91. The zero-order valence-corrected chi connectivity index (χ0v) is 11.5. The molecule has 0 bridgehead atoms. The summed E-state index contributed by atoms with van der Waals surface area (Å²) in [7, 11) is 0. The Bertz CT molecular complexity index is 225. The second-order valence-electron chi connectivity index (χ2n) is 2.98. The Labute approximate surface area is 111 Å². The summed E-state index contributed by atoms with van der Waals surface area (Å²) in [6.07, 6.45) is 2.49. The molecular weight excluding hydrogens is 330 g/mol. The molecule has 0 unspecified atom stereocenters. The van der Waals surface area contributed by atoms with Crippen LogP contribution in [0.15, 0.2) is 4.99 Å². The number of nitrogens with one attached hydrogen (secondary N) is 3. The maximum absolute atomic E-state index is 11.0. The molecule has 3 N–H and O–H groups in total. The molecule has 15 heavy (non-hydrogen) atoms. The van der Waals surface area contributed by atoms with Gasteiger partial charge in [0, 0.05) is 25.4 Å². The van der Waals surface area contributed by atoms with Crippen LogP contribution < -0.4 is 16.2 Å². The normalized spacial score (nSPS) is 15.1. The number of carbonyl (C=O) groups excluding carboxylic acids is 1. The number of aliphatic imine (C=N–C) groups is 1. The van der Waals surface area contributed by atoms with Gasteiger partial charge in [-0.25, -0.2) is 0 Å². The molecule has 0 atom stereocenters. The van der Waals surface area contributed by atoms with Gasteiger partial charge in [0.05, 0.1) is 0 Å². The van der Waals surface area contributed by atoms with Gasteiger partial charge in [0.1, 0.15) is 0 Å². The number of alkyl halides is 1. The second kappa shape index (κ2) is 9.02. The Morgan fingerprint density at radius 1 is 1.53 bits per heavy atom. The van der Waals surface area contributed by atoms with Gasteiger partial charge in [0.2, 0.25) is 11.9 Å². The Hall–Kier alpha value is -0.240. The fraction of sp³-hybridized carbons (Fsp3) is 0.750. The van der Waals surface area contributed by atoms with Crippen LogP contribution in [0.5, 0.6) is 0 Å². The number of guanidine groups is 1. The zero-order valence-electron chi connectivity index (χ0n) is 8.38. The summed E-state index contributed by atoms with van der Waals surface area (Å²) < 4.78 is 0. The van der Waals surface area contributed by atoms with Gasteiger partial charge >= 0.3 is 0 Å². The molecule has 0 spiro atoms. The number of rotatable bonds is 2. The van der Waals surface area contributed by atoms with Crippen LogP contribution in [-0.2, 0) is 4.79 Å². The maximum Gasteiger partial charge on any atom is 0.239 e. The predicted octanol–water partition coefficient (Wildman–Crippen LogP) is 0.593. The fourth-order valence-electron chi connectivity index (χ4n) is 1.05. The van der Waals surface area contributed by atoms with E-state index in [0.717, 1.165) is 25.9 Å². The first kappa shape index (κ1) is 14.8. The molecule has 5 nitrogen and oxygen atoms in total. The number of carbonyl (C=O) groups is 1. The third-order valence-corrected chi connectivity index (χ3v) is 1.98. The number of hydrogen-bond donors (Lipinski definition) is 3. The Kier molecular flexibility index (Phi) is 8.88. The first-order valence-electron chi connectivity index (χ1n) is 4.72. The average molecular weight is 347 g/mol. The van der Waals surface area contributed by atoms with E-state index in [9.17, 15) is 4.79 Å². The van der Waals surface area contributed by atoms with Gasteiger partial charge in [0.25, 0.3) is 0 Å². The molecular formula is C8H16ClIN4O. The van der Waals surface area contributed by atoms with E-state index in [1.807, 2.05) is 0 Å². The van der Waals surface area contributed by atoms with Gasteiger partial charge in [0.15, 0.2) is 0 Å². The topological polar surface area (TPSA) is 65.5 Å². The minimum absolute atomic E-state index is 0. The molecule has 1 amide bonds. The van der Waals surface area contributed by atoms with Gasteiger partial charge in [-0.1, -0.05) is 0 Å². The van der Waals surface area contributed by atoms with Gasteiger partial charge in [-0.15, -0.1) is 35.6 Å². The first-order chi connectivity index (χ1) is 6.83. The van der Waals surface area contributed by atoms with Gasteiger partial charge < -0.3 is 5.32 Å². The molecule has 0 aromatic rings.